The molecule has 5 atom stereocenters. The second-order valence-electron chi connectivity index (χ2n) is 8.84. The topological polar surface area (TPSA) is 150 Å². The molecule has 0 spiro atoms. The van der Waals surface area contributed by atoms with Crippen LogP contribution in [0.1, 0.15) is 26.3 Å². The van der Waals surface area contributed by atoms with E-state index < -0.39 is 41.9 Å². The fraction of sp³-hybridized carbons (Fsp3) is 0.346. The minimum absolute atomic E-state index is 0.00913. The standard InChI is InChI=1S/C26H28O9/c1-12(2)9-10-15-16(27)11-17(28)18-20(30)25(23(34-24(15)18)14-7-5-4-6-8-14)35-26-22(32)21(31)19(29)13(3)33-26/h4-9,11,13,19,21-22,26-29,31-32H,10H2,1-3H3. The van der Waals surface area contributed by atoms with Crippen molar-refractivity contribution in [3.63, 3.8) is 0 Å². The van der Waals surface area contributed by atoms with Gasteiger partial charge in [-0.05, 0) is 27.2 Å². The molecule has 9 nitrogen and oxygen atoms in total. The van der Waals surface area contributed by atoms with Crippen LogP contribution in [0.3, 0.4) is 0 Å². The van der Waals surface area contributed by atoms with Crippen LogP contribution in [0.4, 0.5) is 0 Å². The van der Waals surface area contributed by atoms with E-state index in [2.05, 4.69) is 0 Å². The Bertz CT molecular complexity index is 1310. The number of ether oxygens (including phenoxy) is 2. The Kier molecular flexibility index (Phi) is 6.86. The third kappa shape index (κ3) is 4.63. The smallest absolute Gasteiger partial charge is 0.239 e. The summed E-state index contributed by atoms with van der Waals surface area (Å²) in [6.07, 6.45) is -4.90. The molecule has 1 saturated heterocycles. The summed E-state index contributed by atoms with van der Waals surface area (Å²) in [5.74, 6) is -1.13. The second-order valence-corrected chi connectivity index (χ2v) is 8.84. The number of hydrogen-bond acceptors (Lipinski definition) is 9. The Labute approximate surface area is 201 Å². The Morgan fingerprint density at radius 2 is 1.71 bits per heavy atom. The van der Waals surface area contributed by atoms with Crippen LogP contribution in [0.15, 0.2) is 57.3 Å². The van der Waals surface area contributed by atoms with Gasteiger partial charge in [0.2, 0.25) is 17.5 Å². The van der Waals surface area contributed by atoms with E-state index in [1.165, 1.54) is 6.92 Å². The predicted octanol–water partition coefficient (Wildman–Crippen LogP) is 2.59. The van der Waals surface area contributed by atoms with Crippen molar-refractivity contribution in [3.8, 4) is 28.6 Å². The normalized spacial score (nSPS) is 24.3. The molecule has 186 valence electrons. The number of aliphatic hydroxyl groups excluding tert-OH is 3. The average Bonchev–Trinajstić information content (AvgIpc) is 2.82. The molecule has 1 aliphatic heterocycles. The van der Waals surface area contributed by atoms with E-state index >= 15 is 0 Å². The van der Waals surface area contributed by atoms with Gasteiger partial charge in [-0.15, -0.1) is 0 Å². The van der Waals surface area contributed by atoms with Crippen LogP contribution in [0.25, 0.3) is 22.3 Å². The molecule has 0 aliphatic carbocycles. The molecule has 2 aromatic carbocycles. The molecular formula is C26H28O9. The van der Waals surface area contributed by atoms with Crippen LogP contribution < -0.4 is 10.2 Å². The lowest BCUT2D eigenvalue weighted by Crippen LogP contribution is -2.58. The van der Waals surface area contributed by atoms with Crippen LogP contribution >= 0.6 is 0 Å². The molecule has 5 unspecified atom stereocenters. The van der Waals surface area contributed by atoms with E-state index in [0.717, 1.165) is 11.6 Å². The van der Waals surface area contributed by atoms with Crippen molar-refractivity contribution in [2.45, 2.75) is 57.9 Å². The number of fused-ring (bicyclic) bond motifs is 1. The summed E-state index contributed by atoms with van der Waals surface area (Å²) in [7, 11) is 0. The van der Waals surface area contributed by atoms with Gasteiger partial charge in [0.1, 0.15) is 40.8 Å². The van der Waals surface area contributed by atoms with E-state index in [1.54, 1.807) is 30.3 Å². The Morgan fingerprint density at radius 1 is 1.03 bits per heavy atom. The molecular weight excluding hydrogens is 456 g/mol. The third-order valence-corrected chi connectivity index (χ3v) is 5.98. The van der Waals surface area contributed by atoms with Gasteiger partial charge < -0.3 is 39.4 Å². The minimum Gasteiger partial charge on any atom is -0.507 e. The summed E-state index contributed by atoms with van der Waals surface area (Å²) in [5, 5.41) is 51.4. The molecule has 35 heavy (non-hydrogen) atoms. The number of phenolic OH excluding ortho intramolecular Hbond substituents is 2. The van der Waals surface area contributed by atoms with Gasteiger partial charge >= 0.3 is 0 Å². The van der Waals surface area contributed by atoms with Crippen molar-refractivity contribution in [1.29, 1.82) is 0 Å². The van der Waals surface area contributed by atoms with Crippen molar-refractivity contribution in [3.05, 3.63) is 63.8 Å². The first-order valence-electron chi connectivity index (χ1n) is 11.2. The molecule has 9 heteroatoms. The van der Waals surface area contributed by atoms with E-state index in [1.807, 2.05) is 19.9 Å². The van der Waals surface area contributed by atoms with Gasteiger partial charge in [-0.25, -0.2) is 0 Å². The number of aromatic hydroxyl groups is 2. The van der Waals surface area contributed by atoms with E-state index in [4.69, 9.17) is 13.9 Å². The van der Waals surface area contributed by atoms with E-state index in [9.17, 15) is 30.3 Å². The lowest BCUT2D eigenvalue weighted by molar-refractivity contribution is -0.268. The third-order valence-electron chi connectivity index (χ3n) is 5.98. The quantitative estimate of drug-likeness (QED) is 0.344. The first-order chi connectivity index (χ1) is 16.6. The largest absolute Gasteiger partial charge is 0.507 e. The SMILES string of the molecule is CC(C)=CCc1c(O)cc(O)c2c(=O)c(OC3OC(C)C(O)C(O)C3O)c(-c3ccccc3)oc12. The van der Waals surface area contributed by atoms with E-state index in [0.29, 0.717) is 11.1 Å². The molecule has 0 amide bonds. The highest BCUT2D eigenvalue weighted by Crippen LogP contribution is 2.39. The summed E-state index contributed by atoms with van der Waals surface area (Å²) >= 11 is 0. The number of hydrogen-bond donors (Lipinski definition) is 5. The molecule has 0 radical (unpaired) electrons. The monoisotopic (exact) mass is 484 g/mol. The van der Waals surface area contributed by atoms with Gasteiger partial charge in [0, 0.05) is 17.2 Å². The van der Waals surface area contributed by atoms with E-state index in [-0.39, 0.29) is 34.6 Å². The molecule has 2 heterocycles. The van der Waals surface area contributed by atoms with Crippen LogP contribution in [0, 0.1) is 0 Å². The Balaban J connectivity index is 1.96. The van der Waals surface area contributed by atoms with Gasteiger partial charge in [0.25, 0.3) is 0 Å². The number of rotatable bonds is 5. The highest BCUT2D eigenvalue weighted by Gasteiger charge is 2.44. The maximum Gasteiger partial charge on any atom is 0.239 e. The van der Waals surface area contributed by atoms with Crippen molar-refractivity contribution in [1.82, 2.24) is 0 Å². The van der Waals surface area contributed by atoms with Crippen molar-refractivity contribution in [2.24, 2.45) is 0 Å². The van der Waals surface area contributed by atoms with Crippen molar-refractivity contribution >= 4 is 11.0 Å². The summed E-state index contributed by atoms with van der Waals surface area (Å²) in [4.78, 5) is 13.7. The lowest BCUT2D eigenvalue weighted by atomic mass is 10.00. The first kappa shape index (κ1) is 24.7. The summed E-state index contributed by atoms with van der Waals surface area (Å²) in [6, 6.07) is 9.63. The Hall–Kier alpha value is -3.37. The second kappa shape index (κ2) is 9.71. The molecule has 3 aromatic rings. The lowest BCUT2D eigenvalue weighted by Gasteiger charge is -2.38. The van der Waals surface area contributed by atoms with Crippen molar-refractivity contribution in [2.75, 3.05) is 0 Å². The summed E-state index contributed by atoms with van der Waals surface area (Å²) < 4.78 is 17.4. The number of phenols is 2. The zero-order valence-corrected chi connectivity index (χ0v) is 19.5. The average molecular weight is 485 g/mol. The maximum atomic E-state index is 13.7. The maximum absolute atomic E-state index is 13.7. The van der Waals surface area contributed by atoms with Gasteiger partial charge in [0.15, 0.2) is 5.76 Å². The zero-order chi connectivity index (χ0) is 25.4. The molecule has 1 aromatic heterocycles. The number of allylic oxidation sites excluding steroid dienone is 2. The molecule has 1 fully saturated rings. The number of aliphatic hydroxyl groups is 3. The van der Waals surface area contributed by atoms with Crippen LogP contribution in [0.5, 0.6) is 17.2 Å². The van der Waals surface area contributed by atoms with Gasteiger partial charge in [-0.1, -0.05) is 42.0 Å². The highest BCUT2D eigenvalue weighted by atomic mass is 16.7. The minimum atomic E-state index is -1.67. The summed E-state index contributed by atoms with van der Waals surface area (Å²) in [5.41, 5.74) is 0.974. The fourth-order valence-corrected chi connectivity index (χ4v) is 3.99. The molecule has 5 N–H and O–H groups in total. The fourth-order valence-electron chi connectivity index (χ4n) is 3.99. The Morgan fingerprint density at radius 3 is 2.37 bits per heavy atom. The molecule has 1 aliphatic rings. The molecule has 0 bridgehead atoms. The van der Waals surface area contributed by atoms with Gasteiger partial charge in [-0.3, -0.25) is 4.79 Å². The molecule has 0 saturated carbocycles. The predicted molar refractivity (Wildman–Crippen MR) is 127 cm³/mol. The number of benzene rings is 2. The first-order valence-corrected chi connectivity index (χ1v) is 11.2. The highest BCUT2D eigenvalue weighted by molar-refractivity contribution is 5.91. The zero-order valence-electron chi connectivity index (χ0n) is 19.5. The van der Waals surface area contributed by atoms with Crippen LogP contribution in [-0.4, -0.2) is 56.2 Å². The van der Waals surface area contributed by atoms with Crippen LogP contribution in [-0.2, 0) is 11.2 Å². The van der Waals surface area contributed by atoms with Gasteiger partial charge in [0.05, 0.1) is 6.10 Å². The summed E-state index contributed by atoms with van der Waals surface area (Å²) in [6.45, 7) is 5.26. The van der Waals surface area contributed by atoms with Crippen molar-refractivity contribution < 1.29 is 39.4 Å². The van der Waals surface area contributed by atoms with Crippen LogP contribution in [0.2, 0.25) is 0 Å². The van der Waals surface area contributed by atoms with Gasteiger partial charge in [-0.2, -0.15) is 0 Å². The molecule has 4 rings (SSSR count).